The lowest BCUT2D eigenvalue weighted by atomic mass is 10.0. The highest BCUT2D eigenvalue weighted by Crippen LogP contribution is 2.38. The summed E-state index contributed by atoms with van der Waals surface area (Å²) in [5.41, 5.74) is 2.72. The van der Waals surface area contributed by atoms with Crippen LogP contribution in [0.5, 0.6) is 0 Å². The molecule has 5 rings (SSSR count). The van der Waals surface area contributed by atoms with Crippen LogP contribution in [0.25, 0.3) is 11.3 Å². The van der Waals surface area contributed by atoms with Crippen LogP contribution in [0.1, 0.15) is 30.7 Å². The van der Waals surface area contributed by atoms with E-state index in [9.17, 15) is 14.4 Å². The molecule has 0 radical (unpaired) electrons. The Hall–Kier alpha value is -3.07. The van der Waals surface area contributed by atoms with Gasteiger partial charge in [-0.3, -0.25) is 19.3 Å². The highest BCUT2D eigenvalue weighted by Gasteiger charge is 2.48. The summed E-state index contributed by atoms with van der Waals surface area (Å²) in [7, 11) is 0. The number of pyridine rings is 1. The van der Waals surface area contributed by atoms with Crippen molar-refractivity contribution < 1.29 is 14.4 Å². The second-order valence-electron chi connectivity index (χ2n) is 7.80. The van der Waals surface area contributed by atoms with Crippen molar-refractivity contribution in [1.82, 2.24) is 19.8 Å². The van der Waals surface area contributed by atoms with Crippen molar-refractivity contribution in [3.8, 4) is 11.3 Å². The van der Waals surface area contributed by atoms with Crippen LogP contribution >= 0.6 is 11.3 Å². The standard InChI is InChI=1S/C21H21N5O3S/c1-12-23-16(11-30-12)13-4-7-17(22-9-13)24-18(27)10-25-8-2-3-15-19(25)21(29)26(20(15)28)14-5-6-14/h4,7,9,11,14H,2-3,5-6,8,10H2,1H3,(H,22,24,27). The Morgan fingerprint density at radius 1 is 1.27 bits per heavy atom. The first-order valence-electron chi connectivity index (χ1n) is 10.1. The van der Waals surface area contributed by atoms with Gasteiger partial charge in [0.2, 0.25) is 5.91 Å². The van der Waals surface area contributed by atoms with E-state index in [1.165, 1.54) is 4.90 Å². The van der Waals surface area contributed by atoms with Gasteiger partial charge in [-0.25, -0.2) is 9.97 Å². The quantitative estimate of drug-likeness (QED) is 0.742. The number of carbonyl (C=O) groups is 3. The van der Waals surface area contributed by atoms with E-state index in [2.05, 4.69) is 15.3 Å². The maximum absolute atomic E-state index is 12.8. The zero-order valence-corrected chi connectivity index (χ0v) is 17.4. The molecule has 0 saturated heterocycles. The third kappa shape index (κ3) is 3.39. The lowest BCUT2D eigenvalue weighted by molar-refractivity contribution is -0.138. The fourth-order valence-electron chi connectivity index (χ4n) is 3.99. The average Bonchev–Trinajstić information content (AvgIpc) is 3.41. The summed E-state index contributed by atoms with van der Waals surface area (Å²) in [4.78, 5) is 49.9. The highest BCUT2D eigenvalue weighted by molar-refractivity contribution is 7.09. The second-order valence-corrected chi connectivity index (χ2v) is 8.86. The van der Waals surface area contributed by atoms with Crippen molar-refractivity contribution in [2.24, 2.45) is 0 Å². The molecular formula is C21H21N5O3S. The van der Waals surface area contributed by atoms with Gasteiger partial charge in [-0.05, 0) is 44.7 Å². The molecule has 4 heterocycles. The molecule has 0 bridgehead atoms. The van der Waals surface area contributed by atoms with Crippen LogP contribution in [0.3, 0.4) is 0 Å². The Bertz CT molecular complexity index is 1070. The van der Waals surface area contributed by atoms with E-state index >= 15 is 0 Å². The van der Waals surface area contributed by atoms with Crippen LogP contribution in [0.2, 0.25) is 0 Å². The minimum atomic E-state index is -0.265. The predicted octanol–water partition coefficient (Wildman–Crippen LogP) is 2.33. The van der Waals surface area contributed by atoms with E-state index in [1.807, 2.05) is 18.4 Å². The van der Waals surface area contributed by atoms with Crippen molar-refractivity contribution in [3.63, 3.8) is 0 Å². The molecule has 30 heavy (non-hydrogen) atoms. The van der Waals surface area contributed by atoms with Gasteiger partial charge in [0, 0.05) is 35.3 Å². The lowest BCUT2D eigenvalue weighted by Crippen LogP contribution is -2.40. The third-order valence-corrected chi connectivity index (χ3v) is 6.32. The topological polar surface area (TPSA) is 95.5 Å². The minimum Gasteiger partial charge on any atom is -0.357 e. The number of anilines is 1. The summed E-state index contributed by atoms with van der Waals surface area (Å²) in [6.07, 6.45) is 4.78. The van der Waals surface area contributed by atoms with Gasteiger partial charge in [0.25, 0.3) is 11.8 Å². The van der Waals surface area contributed by atoms with Crippen molar-refractivity contribution >= 4 is 34.9 Å². The van der Waals surface area contributed by atoms with E-state index in [-0.39, 0.29) is 30.3 Å². The highest BCUT2D eigenvalue weighted by atomic mass is 32.1. The Kier molecular flexibility index (Phi) is 4.62. The molecule has 3 aliphatic rings. The molecule has 0 spiro atoms. The van der Waals surface area contributed by atoms with Crippen LogP contribution in [-0.4, -0.2) is 56.6 Å². The van der Waals surface area contributed by atoms with E-state index in [4.69, 9.17) is 0 Å². The first-order valence-corrected chi connectivity index (χ1v) is 10.9. The van der Waals surface area contributed by atoms with Gasteiger partial charge >= 0.3 is 0 Å². The summed E-state index contributed by atoms with van der Waals surface area (Å²) in [5, 5.41) is 5.74. The molecule has 3 amide bonds. The van der Waals surface area contributed by atoms with Gasteiger partial charge in [-0.1, -0.05) is 0 Å². The number of aromatic nitrogens is 2. The molecule has 9 heteroatoms. The fourth-order valence-corrected chi connectivity index (χ4v) is 4.61. The molecule has 0 aromatic carbocycles. The van der Waals surface area contributed by atoms with Crippen molar-refractivity contribution in [2.45, 2.75) is 38.6 Å². The third-order valence-electron chi connectivity index (χ3n) is 5.55. The summed E-state index contributed by atoms with van der Waals surface area (Å²) in [6, 6.07) is 3.64. The minimum absolute atomic E-state index is 0.0189. The van der Waals surface area contributed by atoms with Crippen LogP contribution < -0.4 is 5.32 Å². The molecule has 8 nitrogen and oxygen atoms in total. The number of thiazole rings is 1. The van der Waals surface area contributed by atoms with Crippen LogP contribution in [0, 0.1) is 6.92 Å². The number of imide groups is 1. The first-order chi connectivity index (χ1) is 14.5. The number of rotatable bonds is 5. The molecule has 2 aromatic heterocycles. The smallest absolute Gasteiger partial charge is 0.277 e. The Morgan fingerprint density at radius 3 is 2.77 bits per heavy atom. The second kappa shape index (κ2) is 7.32. The zero-order chi connectivity index (χ0) is 20.8. The molecule has 154 valence electrons. The maximum atomic E-state index is 12.8. The van der Waals surface area contributed by atoms with Gasteiger partial charge < -0.3 is 10.2 Å². The largest absolute Gasteiger partial charge is 0.357 e. The molecule has 0 unspecified atom stereocenters. The van der Waals surface area contributed by atoms with Crippen LogP contribution in [-0.2, 0) is 14.4 Å². The lowest BCUT2D eigenvalue weighted by Gasteiger charge is -2.28. The van der Waals surface area contributed by atoms with Gasteiger partial charge in [-0.2, -0.15) is 0 Å². The Balaban J connectivity index is 1.26. The van der Waals surface area contributed by atoms with Crippen molar-refractivity contribution in [3.05, 3.63) is 40.0 Å². The van der Waals surface area contributed by atoms with Crippen molar-refractivity contribution in [2.75, 3.05) is 18.4 Å². The predicted molar refractivity (Wildman–Crippen MR) is 111 cm³/mol. The SMILES string of the molecule is Cc1nc(-c2ccc(NC(=O)CN3CCCC4=C3C(=O)N(C3CC3)C4=O)nc2)cs1. The molecule has 1 aliphatic carbocycles. The van der Waals surface area contributed by atoms with E-state index in [0.29, 0.717) is 30.1 Å². The van der Waals surface area contributed by atoms with Gasteiger partial charge in [0.15, 0.2) is 0 Å². The summed E-state index contributed by atoms with van der Waals surface area (Å²) in [5.74, 6) is -0.239. The number of amides is 3. The monoisotopic (exact) mass is 423 g/mol. The fraction of sp³-hybridized carbons (Fsp3) is 0.381. The molecule has 2 aromatic rings. The zero-order valence-electron chi connectivity index (χ0n) is 16.6. The molecular weight excluding hydrogens is 402 g/mol. The van der Waals surface area contributed by atoms with Crippen molar-refractivity contribution in [1.29, 1.82) is 0 Å². The molecule has 0 atom stereocenters. The number of aryl methyl sites for hydroxylation is 1. The van der Waals surface area contributed by atoms with Gasteiger partial charge in [0.1, 0.15) is 11.5 Å². The molecule has 1 fully saturated rings. The Labute approximate surface area is 177 Å². The number of hydrogen-bond acceptors (Lipinski definition) is 7. The van der Waals surface area contributed by atoms with Gasteiger partial charge in [0.05, 0.1) is 17.2 Å². The number of carbonyl (C=O) groups excluding carboxylic acids is 3. The summed E-state index contributed by atoms with van der Waals surface area (Å²) < 4.78 is 0. The molecule has 1 saturated carbocycles. The van der Waals surface area contributed by atoms with Gasteiger partial charge in [-0.15, -0.1) is 11.3 Å². The summed E-state index contributed by atoms with van der Waals surface area (Å²) in [6.45, 7) is 2.55. The van der Waals surface area contributed by atoms with E-state index in [1.54, 1.807) is 28.5 Å². The van der Waals surface area contributed by atoms with E-state index in [0.717, 1.165) is 35.5 Å². The Morgan fingerprint density at radius 2 is 2.10 bits per heavy atom. The average molecular weight is 423 g/mol. The number of nitrogens with zero attached hydrogens (tertiary/aromatic N) is 4. The van der Waals surface area contributed by atoms with Crippen LogP contribution in [0.4, 0.5) is 5.82 Å². The molecule has 2 aliphatic heterocycles. The first kappa shape index (κ1) is 18.9. The van der Waals surface area contributed by atoms with Crippen LogP contribution in [0.15, 0.2) is 35.0 Å². The summed E-state index contributed by atoms with van der Waals surface area (Å²) >= 11 is 1.57. The number of nitrogens with one attached hydrogen (secondary N) is 1. The molecule has 1 N–H and O–H groups in total. The van der Waals surface area contributed by atoms with E-state index < -0.39 is 0 Å². The maximum Gasteiger partial charge on any atom is 0.277 e. The number of hydrogen-bond donors (Lipinski definition) is 1. The normalized spacial score (nSPS) is 18.8.